The summed E-state index contributed by atoms with van der Waals surface area (Å²) in [5.74, 6) is 0. The first-order valence-corrected chi connectivity index (χ1v) is 5.22. The van der Waals surface area contributed by atoms with E-state index in [2.05, 4.69) is 0 Å². The van der Waals surface area contributed by atoms with Crippen LogP contribution < -0.4 is 0 Å². The number of nitrogens with zero attached hydrogens (tertiary/aromatic N) is 1. The Hall–Kier alpha value is -0.190. The lowest BCUT2D eigenvalue weighted by Crippen LogP contribution is -2.35. The Kier molecular flexibility index (Phi) is 4.29. The summed E-state index contributed by atoms with van der Waals surface area (Å²) < 4.78 is 12.1. The summed E-state index contributed by atoms with van der Waals surface area (Å²) in [6.45, 7) is 3.11. The number of likely N-dealkylation sites (tertiary alicyclic amines) is 1. The minimum Gasteiger partial charge on any atom is -0.390 e. The summed E-state index contributed by atoms with van der Waals surface area (Å²) in [7, 11) is 0. The van der Waals surface area contributed by atoms with Crippen molar-refractivity contribution >= 4 is 0 Å². The third kappa shape index (κ3) is 3.90. The molecule has 0 amide bonds. The maximum Gasteiger partial charge on any atom is 0.117 e. The first-order chi connectivity index (χ1) is 6.53. The van der Waals surface area contributed by atoms with Gasteiger partial charge in [-0.1, -0.05) is 0 Å². The van der Waals surface area contributed by atoms with Crippen LogP contribution in [0.3, 0.4) is 0 Å². The third-order valence-corrected chi connectivity index (χ3v) is 2.80. The molecular formula is C10H20FNO2. The molecule has 0 saturated carbocycles. The molecule has 1 heterocycles. The molecule has 1 aliphatic heterocycles. The number of rotatable bonds is 3. The molecule has 0 aliphatic carbocycles. The van der Waals surface area contributed by atoms with Crippen molar-refractivity contribution in [2.75, 3.05) is 26.3 Å². The van der Waals surface area contributed by atoms with Gasteiger partial charge in [0.25, 0.3) is 0 Å². The van der Waals surface area contributed by atoms with Crippen LogP contribution in [0, 0.1) is 0 Å². The van der Waals surface area contributed by atoms with Gasteiger partial charge in [-0.05, 0) is 32.7 Å². The SMILES string of the molecule is CC1(O)CCCN(CC(O)CF)CC1. The number of hydrogen-bond acceptors (Lipinski definition) is 3. The highest BCUT2D eigenvalue weighted by molar-refractivity contribution is 4.79. The highest BCUT2D eigenvalue weighted by atomic mass is 19.1. The van der Waals surface area contributed by atoms with E-state index in [0.717, 1.165) is 25.9 Å². The maximum absolute atomic E-state index is 12.1. The molecule has 4 heteroatoms. The van der Waals surface area contributed by atoms with Gasteiger partial charge in [0, 0.05) is 13.1 Å². The molecule has 0 aromatic heterocycles. The summed E-state index contributed by atoms with van der Waals surface area (Å²) in [6.07, 6.45) is 1.52. The van der Waals surface area contributed by atoms with Gasteiger partial charge in [-0.2, -0.15) is 0 Å². The number of aliphatic hydroxyl groups excluding tert-OH is 1. The molecule has 3 nitrogen and oxygen atoms in total. The van der Waals surface area contributed by atoms with E-state index in [1.54, 1.807) is 0 Å². The number of aliphatic hydroxyl groups is 2. The van der Waals surface area contributed by atoms with Crippen LogP contribution >= 0.6 is 0 Å². The van der Waals surface area contributed by atoms with Crippen LogP contribution in [0.5, 0.6) is 0 Å². The highest BCUT2D eigenvalue weighted by Crippen LogP contribution is 2.21. The summed E-state index contributed by atoms with van der Waals surface area (Å²) in [5, 5.41) is 19.0. The second-order valence-corrected chi connectivity index (χ2v) is 4.46. The predicted molar refractivity (Wildman–Crippen MR) is 52.9 cm³/mol. The molecule has 1 fully saturated rings. The smallest absolute Gasteiger partial charge is 0.117 e. The van der Waals surface area contributed by atoms with Gasteiger partial charge >= 0.3 is 0 Å². The Labute approximate surface area is 84.5 Å². The largest absolute Gasteiger partial charge is 0.390 e. The van der Waals surface area contributed by atoms with Crippen molar-refractivity contribution < 1.29 is 14.6 Å². The average molecular weight is 205 g/mol. The van der Waals surface area contributed by atoms with Crippen molar-refractivity contribution in [3.05, 3.63) is 0 Å². The molecule has 1 rings (SSSR count). The van der Waals surface area contributed by atoms with Gasteiger partial charge in [0.05, 0.1) is 11.7 Å². The Balaban J connectivity index is 2.35. The highest BCUT2D eigenvalue weighted by Gasteiger charge is 2.25. The fourth-order valence-corrected chi connectivity index (χ4v) is 1.85. The van der Waals surface area contributed by atoms with Crippen molar-refractivity contribution in [3.63, 3.8) is 0 Å². The van der Waals surface area contributed by atoms with E-state index in [-0.39, 0.29) is 0 Å². The Morgan fingerprint density at radius 2 is 2.14 bits per heavy atom. The van der Waals surface area contributed by atoms with E-state index >= 15 is 0 Å². The summed E-state index contributed by atoms with van der Waals surface area (Å²) in [5.41, 5.74) is -0.588. The van der Waals surface area contributed by atoms with Crippen LogP contribution in [0.25, 0.3) is 0 Å². The van der Waals surface area contributed by atoms with Crippen molar-refractivity contribution in [2.24, 2.45) is 0 Å². The molecule has 2 unspecified atom stereocenters. The van der Waals surface area contributed by atoms with E-state index in [0.29, 0.717) is 13.0 Å². The Morgan fingerprint density at radius 1 is 1.43 bits per heavy atom. The monoisotopic (exact) mass is 205 g/mol. The second-order valence-electron chi connectivity index (χ2n) is 4.46. The van der Waals surface area contributed by atoms with E-state index in [4.69, 9.17) is 5.11 Å². The normalized spacial score (nSPS) is 32.6. The summed E-state index contributed by atoms with van der Waals surface area (Å²) >= 11 is 0. The third-order valence-electron chi connectivity index (χ3n) is 2.80. The minimum absolute atomic E-state index is 0.382. The van der Waals surface area contributed by atoms with Crippen molar-refractivity contribution in [1.29, 1.82) is 0 Å². The van der Waals surface area contributed by atoms with Gasteiger partial charge < -0.3 is 15.1 Å². The first-order valence-electron chi connectivity index (χ1n) is 5.22. The van der Waals surface area contributed by atoms with E-state index in [9.17, 15) is 9.50 Å². The predicted octanol–water partition coefficient (Wildman–Crippen LogP) is 0.554. The fourth-order valence-electron chi connectivity index (χ4n) is 1.85. The lowest BCUT2D eigenvalue weighted by atomic mass is 9.98. The van der Waals surface area contributed by atoms with Gasteiger partial charge in [-0.25, -0.2) is 4.39 Å². The van der Waals surface area contributed by atoms with Gasteiger partial charge in [-0.3, -0.25) is 0 Å². The van der Waals surface area contributed by atoms with Gasteiger partial charge in [0.1, 0.15) is 6.67 Å². The lowest BCUT2D eigenvalue weighted by molar-refractivity contribution is 0.0410. The van der Waals surface area contributed by atoms with E-state index in [1.165, 1.54) is 0 Å². The number of β-amino-alcohol motifs (C(OH)–C–C–N with tert-alkyl or cyclic N) is 1. The molecule has 0 radical (unpaired) electrons. The van der Waals surface area contributed by atoms with Crippen LogP contribution in [0.15, 0.2) is 0 Å². The zero-order chi connectivity index (χ0) is 10.6. The van der Waals surface area contributed by atoms with Crippen molar-refractivity contribution in [2.45, 2.75) is 37.9 Å². The molecule has 1 aliphatic rings. The molecule has 0 spiro atoms. The Bertz CT molecular complexity index is 176. The summed E-state index contributed by atoms with van der Waals surface area (Å²) in [4.78, 5) is 2.02. The lowest BCUT2D eigenvalue weighted by Gasteiger charge is -2.23. The minimum atomic E-state index is -0.877. The molecule has 84 valence electrons. The van der Waals surface area contributed by atoms with Gasteiger partial charge in [-0.15, -0.1) is 0 Å². The first kappa shape index (κ1) is 11.9. The summed E-state index contributed by atoms with van der Waals surface area (Å²) in [6, 6.07) is 0. The van der Waals surface area contributed by atoms with Gasteiger partial charge in [0.2, 0.25) is 0 Å². The molecule has 14 heavy (non-hydrogen) atoms. The van der Waals surface area contributed by atoms with Crippen LogP contribution in [-0.2, 0) is 0 Å². The van der Waals surface area contributed by atoms with Crippen molar-refractivity contribution in [3.8, 4) is 0 Å². The number of hydrogen-bond donors (Lipinski definition) is 2. The van der Waals surface area contributed by atoms with E-state index in [1.807, 2.05) is 11.8 Å². The molecular weight excluding hydrogens is 185 g/mol. The van der Waals surface area contributed by atoms with Crippen LogP contribution in [0.4, 0.5) is 4.39 Å². The number of halogens is 1. The molecule has 2 N–H and O–H groups in total. The Morgan fingerprint density at radius 3 is 2.79 bits per heavy atom. The number of alkyl halides is 1. The molecule has 0 aromatic carbocycles. The van der Waals surface area contributed by atoms with Gasteiger partial charge in [0.15, 0.2) is 0 Å². The molecule has 2 atom stereocenters. The van der Waals surface area contributed by atoms with Crippen LogP contribution in [-0.4, -0.2) is 53.1 Å². The topological polar surface area (TPSA) is 43.7 Å². The molecule has 0 bridgehead atoms. The fraction of sp³-hybridized carbons (Fsp3) is 1.00. The average Bonchev–Trinajstić information content (AvgIpc) is 2.28. The second kappa shape index (κ2) is 5.05. The van der Waals surface area contributed by atoms with Crippen molar-refractivity contribution in [1.82, 2.24) is 4.90 Å². The quantitative estimate of drug-likeness (QED) is 0.707. The van der Waals surface area contributed by atoms with Crippen LogP contribution in [0.1, 0.15) is 26.2 Å². The molecule has 1 saturated heterocycles. The standard InChI is InChI=1S/C10H20FNO2/c1-10(14)3-2-5-12(6-4-10)8-9(13)7-11/h9,13-14H,2-8H2,1H3. The van der Waals surface area contributed by atoms with E-state index < -0.39 is 18.4 Å². The maximum atomic E-state index is 12.1. The zero-order valence-corrected chi connectivity index (χ0v) is 8.75. The molecule has 0 aromatic rings. The van der Waals surface area contributed by atoms with Crippen LogP contribution in [0.2, 0.25) is 0 Å². The zero-order valence-electron chi connectivity index (χ0n) is 8.75.